The Hall–Kier alpha value is -1.82. The van der Waals surface area contributed by atoms with Crippen molar-refractivity contribution in [2.24, 2.45) is 0 Å². The maximum absolute atomic E-state index is 13.9. The molecule has 0 bridgehead atoms. The molecule has 1 aliphatic rings. The van der Waals surface area contributed by atoms with Crippen molar-refractivity contribution in [2.45, 2.75) is 13.0 Å². The first kappa shape index (κ1) is 19.0. The van der Waals surface area contributed by atoms with E-state index in [1.54, 1.807) is 30.3 Å². The van der Waals surface area contributed by atoms with E-state index >= 15 is 0 Å². The molecule has 0 radical (unpaired) electrons. The number of amides is 1. The highest BCUT2D eigenvalue weighted by atomic mass is 35.5. The van der Waals surface area contributed by atoms with E-state index in [-0.39, 0.29) is 17.8 Å². The summed E-state index contributed by atoms with van der Waals surface area (Å²) in [5.74, 6) is -0.294. The van der Waals surface area contributed by atoms with E-state index in [9.17, 15) is 9.18 Å². The number of piperazine rings is 1. The number of hydrogen-bond acceptors (Lipinski definition) is 2. The molecule has 0 aromatic heterocycles. The lowest BCUT2D eigenvalue weighted by atomic mass is 10.2. The van der Waals surface area contributed by atoms with Crippen molar-refractivity contribution in [3.05, 3.63) is 58.3 Å². The molecule has 1 heterocycles. The SMILES string of the molecule is C[C@@H](C(=O)Nc1cc(Cl)cc(Cl)c1)[NH+]1CCN(c2ccccc2F)CC1. The zero-order valence-corrected chi connectivity index (χ0v) is 15.9. The normalized spacial score (nSPS) is 16.4. The first-order valence-electron chi connectivity index (χ1n) is 8.55. The third-order valence-electron chi connectivity index (χ3n) is 4.73. The second-order valence-electron chi connectivity index (χ2n) is 6.47. The number of benzene rings is 2. The Morgan fingerprint density at radius 3 is 2.38 bits per heavy atom. The Bertz CT molecular complexity index is 774. The van der Waals surface area contributed by atoms with E-state index in [2.05, 4.69) is 5.32 Å². The first-order chi connectivity index (χ1) is 12.4. The van der Waals surface area contributed by atoms with Crippen LogP contribution in [0.2, 0.25) is 10.0 Å². The number of rotatable bonds is 4. The largest absolute Gasteiger partial charge is 0.358 e. The average molecular weight is 397 g/mol. The van der Waals surface area contributed by atoms with Crippen molar-refractivity contribution < 1.29 is 14.1 Å². The van der Waals surface area contributed by atoms with Gasteiger partial charge in [0.05, 0.1) is 31.9 Å². The monoisotopic (exact) mass is 396 g/mol. The smallest absolute Gasteiger partial charge is 0.282 e. The van der Waals surface area contributed by atoms with Crippen LogP contribution in [0.4, 0.5) is 15.8 Å². The third-order valence-corrected chi connectivity index (χ3v) is 5.17. The molecule has 2 aromatic rings. The van der Waals surface area contributed by atoms with Gasteiger partial charge < -0.3 is 15.1 Å². The molecule has 1 saturated heterocycles. The number of nitrogens with one attached hydrogen (secondary N) is 2. The van der Waals surface area contributed by atoms with Crippen LogP contribution in [0.25, 0.3) is 0 Å². The molecule has 1 atom stereocenters. The molecule has 2 aromatic carbocycles. The fourth-order valence-electron chi connectivity index (χ4n) is 3.24. The summed E-state index contributed by atoms with van der Waals surface area (Å²) in [7, 11) is 0. The molecule has 26 heavy (non-hydrogen) atoms. The summed E-state index contributed by atoms with van der Waals surface area (Å²) < 4.78 is 13.9. The van der Waals surface area contributed by atoms with Crippen molar-refractivity contribution in [1.82, 2.24) is 0 Å². The van der Waals surface area contributed by atoms with Crippen LogP contribution in [0, 0.1) is 5.82 Å². The molecule has 0 saturated carbocycles. The van der Waals surface area contributed by atoms with Gasteiger partial charge in [-0.2, -0.15) is 0 Å². The van der Waals surface area contributed by atoms with E-state index in [0.29, 0.717) is 34.5 Å². The van der Waals surface area contributed by atoms with Gasteiger partial charge in [0.15, 0.2) is 6.04 Å². The van der Waals surface area contributed by atoms with Crippen LogP contribution < -0.4 is 15.1 Å². The van der Waals surface area contributed by atoms with E-state index < -0.39 is 0 Å². The topological polar surface area (TPSA) is 36.8 Å². The van der Waals surface area contributed by atoms with Crippen molar-refractivity contribution in [2.75, 3.05) is 36.4 Å². The van der Waals surface area contributed by atoms with Gasteiger partial charge in [0.1, 0.15) is 5.82 Å². The molecule has 4 nitrogen and oxygen atoms in total. The van der Waals surface area contributed by atoms with Crippen LogP contribution in [-0.4, -0.2) is 38.1 Å². The molecule has 2 N–H and O–H groups in total. The minimum absolute atomic E-state index is 0.0855. The summed E-state index contributed by atoms with van der Waals surface area (Å²) in [6.07, 6.45) is 0. The van der Waals surface area contributed by atoms with Gasteiger partial charge in [-0.25, -0.2) is 4.39 Å². The molecule has 7 heteroatoms. The molecule has 0 unspecified atom stereocenters. The van der Waals surface area contributed by atoms with Gasteiger partial charge >= 0.3 is 0 Å². The van der Waals surface area contributed by atoms with Gasteiger partial charge in [-0.1, -0.05) is 35.3 Å². The van der Waals surface area contributed by atoms with E-state index in [4.69, 9.17) is 23.2 Å². The Morgan fingerprint density at radius 2 is 1.77 bits per heavy atom. The third kappa shape index (κ3) is 4.47. The molecule has 138 valence electrons. The molecule has 1 fully saturated rings. The Morgan fingerprint density at radius 1 is 1.15 bits per heavy atom. The Labute approximate surface area is 162 Å². The number of carbonyl (C=O) groups excluding carboxylic acids is 1. The van der Waals surface area contributed by atoms with Gasteiger partial charge in [-0.3, -0.25) is 4.79 Å². The second kappa shape index (κ2) is 8.25. The average Bonchev–Trinajstić information content (AvgIpc) is 2.61. The zero-order chi connectivity index (χ0) is 18.7. The van der Waals surface area contributed by atoms with E-state index in [1.807, 2.05) is 17.9 Å². The van der Waals surface area contributed by atoms with Crippen molar-refractivity contribution in [1.29, 1.82) is 0 Å². The minimum atomic E-state index is -0.226. The predicted molar refractivity (Wildman–Crippen MR) is 104 cm³/mol. The summed E-state index contributed by atoms with van der Waals surface area (Å²) in [6.45, 7) is 4.84. The summed E-state index contributed by atoms with van der Waals surface area (Å²) in [4.78, 5) is 15.7. The maximum Gasteiger partial charge on any atom is 0.282 e. The number of halogens is 3. The number of nitrogens with zero attached hydrogens (tertiary/aromatic N) is 1. The van der Waals surface area contributed by atoms with Gasteiger partial charge in [0.25, 0.3) is 5.91 Å². The molecule has 1 aliphatic heterocycles. The van der Waals surface area contributed by atoms with E-state index in [0.717, 1.165) is 13.1 Å². The van der Waals surface area contributed by atoms with E-state index in [1.165, 1.54) is 11.0 Å². The molecular weight excluding hydrogens is 376 g/mol. The molecule has 0 spiro atoms. The minimum Gasteiger partial charge on any atom is -0.358 e. The number of quaternary nitrogens is 1. The maximum atomic E-state index is 13.9. The van der Waals surface area contributed by atoms with Crippen molar-refractivity contribution in [3.63, 3.8) is 0 Å². The van der Waals surface area contributed by atoms with Crippen LogP contribution in [0.15, 0.2) is 42.5 Å². The van der Waals surface area contributed by atoms with Gasteiger partial charge in [0, 0.05) is 15.7 Å². The Kier molecular flexibility index (Phi) is 6.01. The lowest BCUT2D eigenvalue weighted by Crippen LogP contribution is -3.19. The molecule has 1 amide bonds. The van der Waals surface area contributed by atoms with Crippen LogP contribution >= 0.6 is 23.2 Å². The van der Waals surface area contributed by atoms with Crippen LogP contribution in [-0.2, 0) is 4.79 Å². The van der Waals surface area contributed by atoms with Crippen LogP contribution in [0.1, 0.15) is 6.92 Å². The fourth-order valence-corrected chi connectivity index (χ4v) is 3.76. The number of hydrogen-bond donors (Lipinski definition) is 2. The Balaban J connectivity index is 1.58. The van der Waals surface area contributed by atoms with Crippen LogP contribution in [0.3, 0.4) is 0 Å². The fraction of sp³-hybridized carbons (Fsp3) is 0.316. The predicted octanol–water partition coefficient (Wildman–Crippen LogP) is 2.86. The summed E-state index contributed by atoms with van der Waals surface area (Å²) >= 11 is 11.9. The molecule has 0 aliphatic carbocycles. The highest BCUT2D eigenvalue weighted by Crippen LogP contribution is 2.22. The van der Waals surface area contributed by atoms with Gasteiger partial charge in [0.2, 0.25) is 0 Å². The quantitative estimate of drug-likeness (QED) is 0.833. The zero-order valence-electron chi connectivity index (χ0n) is 14.4. The highest BCUT2D eigenvalue weighted by Gasteiger charge is 2.30. The number of para-hydroxylation sites is 1. The lowest BCUT2D eigenvalue weighted by molar-refractivity contribution is -0.914. The number of carbonyl (C=O) groups is 1. The summed E-state index contributed by atoms with van der Waals surface area (Å²) in [5.41, 5.74) is 1.21. The summed E-state index contributed by atoms with van der Waals surface area (Å²) in [5, 5.41) is 3.83. The summed E-state index contributed by atoms with van der Waals surface area (Å²) in [6, 6.07) is 11.5. The number of anilines is 2. The first-order valence-corrected chi connectivity index (χ1v) is 9.30. The highest BCUT2D eigenvalue weighted by molar-refractivity contribution is 6.35. The van der Waals surface area contributed by atoms with Crippen molar-refractivity contribution >= 4 is 40.5 Å². The molecule has 3 rings (SSSR count). The van der Waals surface area contributed by atoms with Crippen molar-refractivity contribution in [3.8, 4) is 0 Å². The second-order valence-corrected chi connectivity index (χ2v) is 7.34. The van der Waals surface area contributed by atoms with Gasteiger partial charge in [-0.05, 0) is 37.3 Å². The molecular formula is C19H21Cl2FN3O+. The van der Waals surface area contributed by atoms with Gasteiger partial charge in [-0.15, -0.1) is 0 Å². The standard InChI is InChI=1S/C19H20Cl2FN3O/c1-13(19(26)23-16-11-14(20)10-15(21)12-16)24-6-8-25(9-7-24)18-5-3-2-4-17(18)22/h2-5,10-13H,6-9H2,1H3,(H,23,26)/p+1/t13-/m0/s1. The van der Waals surface area contributed by atoms with Crippen LogP contribution in [0.5, 0.6) is 0 Å². The lowest BCUT2D eigenvalue weighted by Gasteiger charge is -2.36.